The molecule has 0 saturated heterocycles. The minimum Gasteiger partial charge on any atom is -0.314 e. The van der Waals surface area contributed by atoms with E-state index in [0.29, 0.717) is 23.3 Å². The molecule has 0 aliphatic carbocycles. The topological polar surface area (TPSA) is 67.4 Å². The second kappa shape index (κ2) is 8.89. The molecule has 130 valence electrons. The Morgan fingerprint density at radius 2 is 1.96 bits per heavy atom. The van der Waals surface area contributed by atoms with Gasteiger partial charge in [0.25, 0.3) is 6.64 Å². The van der Waals surface area contributed by atoms with Crippen molar-refractivity contribution >= 4 is 64.0 Å². The number of nitrogens with zero attached hydrogens (tertiary/aromatic N) is 1. The molecule has 0 aliphatic rings. The van der Waals surface area contributed by atoms with Crippen LogP contribution in [0.25, 0.3) is 10.9 Å². The van der Waals surface area contributed by atoms with Gasteiger partial charge in [0.05, 0.1) is 24.4 Å². The van der Waals surface area contributed by atoms with E-state index in [9.17, 15) is 0 Å². The number of pyridine rings is 1. The van der Waals surface area contributed by atoms with Crippen LogP contribution >= 0.6 is 30.5 Å². The van der Waals surface area contributed by atoms with Crippen LogP contribution in [-0.2, 0) is 20.9 Å². The van der Waals surface area contributed by atoms with Crippen LogP contribution in [0.15, 0.2) is 30.5 Å². The third-order valence-corrected chi connectivity index (χ3v) is 6.04. The van der Waals surface area contributed by atoms with E-state index in [4.69, 9.17) is 44.7 Å². The number of hydrogen-bond donors (Lipinski definition) is 3. The summed E-state index contributed by atoms with van der Waals surface area (Å²) in [4.78, 5) is 4.29. The minimum atomic E-state index is -2.64. The number of aromatic nitrogens is 1. The molecular formula is C14H18ClN4O2PS2. The van der Waals surface area contributed by atoms with E-state index in [1.165, 1.54) is 0 Å². The Kier molecular flexibility index (Phi) is 7.16. The van der Waals surface area contributed by atoms with E-state index in [1.54, 1.807) is 18.3 Å². The van der Waals surface area contributed by atoms with Crippen molar-refractivity contribution in [3.63, 3.8) is 0 Å². The van der Waals surface area contributed by atoms with Crippen molar-refractivity contribution in [2.24, 2.45) is 0 Å². The molecule has 1 aromatic heterocycles. The molecule has 0 amide bonds. The quantitative estimate of drug-likeness (QED) is 0.364. The maximum atomic E-state index is 5.99. The van der Waals surface area contributed by atoms with Crippen LogP contribution in [0, 0.1) is 0 Å². The van der Waals surface area contributed by atoms with Gasteiger partial charge in [0.15, 0.2) is 5.11 Å². The number of hydrazine groups is 1. The Hall–Kier alpha value is -1.02. The van der Waals surface area contributed by atoms with Crippen molar-refractivity contribution in [1.82, 2.24) is 15.5 Å². The Morgan fingerprint density at radius 3 is 2.62 bits per heavy atom. The van der Waals surface area contributed by atoms with Crippen molar-refractivity contribution < 1.29 is 9.05 Å². The van der Waals surface area contributed by atoms with Gasteiger partial charge < -0.3 is 9.05 Å². The lowest BCUT2D eigenvalue weighted by Crippen LogP contribution is -2.37. The van der Waals surface area contributed by atoms with Gasteiger partial charge in [-0.25, -0.2) is 0 Å². The van der Waals surface area contributed by atoms with Crippen LogP contribution in [0.3, 0.4) is 0 Å². The molecule has 10 heteroatoms. The second-order valence-electron chi connectivity index (χ2n) is 4.54. The third-order valence-electron chi connectivity index (χ3n) is 2.85. The van der Waals surface area contributed by atoms with Gasteiger partial charge in [0.2, 0.25) is 0 Å². The molecule has 6 nitrogen and oxygen atoms in total. The van der Waals surface area contributed by atoms with Crippen molar-refractivity contribution in [2.45, 2.75) is 13.8 Å². The molecule has 1 heterocycles. The number of hydrogen-bond acceptors (Lipinski definition) is 6. The van der Waals surface area contributed by atoms with Crippen molar-refractivity contribution in [2.75, 3.05) is 18.6 Å². The fraction of sp³-hybridized carbons (Fsp3) is 0.286. The fourth-order valence-electron chi connectivity index (χ4n) is 1.95. The smallest absolute Gasteiger partial charge is 0.289 e. The molecule has 3 N–H and O–H groups in total. The van der Waals surface area contributed by atoms with E-state index in [-0.39, 0.29) is 0 Å². The molecule has 0 saturated carbocycles. The number of nitrogens with one attached hydrogen (secondary N) is 3. The van der Waals surface area contributed by atoms with Gasteiger partial charge in [-0.15, -0.1) is 0 Å². The van der Waals surface area contributed by atoms with E-state index in [1.807, 2.05) is 26.0 Å². The van der Waals surface area contributed by atoms with E-state index in [0.717, 1.165) is 16.6 Å². The third kappa shape index (κ3) is 5.24. The van der Waals surface area contributed by atoms with Gasteiger partial charge in [-0.1, -0.05) is 11.6 Å². The molecule has 0 aliphatic heterocycles. The maximum Gasteiger partial charge on any atom is 0.289 e. The lowest BCUT2D eigenvalue weighted by Gasteiger charge is -2.23. The Labute approximate surface area is 156 Å². The van der Waals surface area contributed by atoms with Crippen LogP contribution < -0.4 is 15.9 Å². The minimum absolute atomic E-state index is 0.291. The average molecular weight is 405 g/mol. The molecule has 0 spiro atoms. The maximum absolute atomic E-state index is 5.99. The summed E-state index contributed by atoms with van der Waals surface area (Å²) in [6.07, 6.45) is 1.68. The summed E-state index contributed by atoms with van der Waals surface area (Å²) in [5.74, 6) is 0. The van der Waals surface area contributed by atoms with Crippen LogP contribution in [0.1, 0.15) is 13.8 Å². The highest BCUT2D eigenvalue weighted by molar-refractivity contribution is 8.09. The fourth-order valence-corrected chi connectivity index (χ4v) is 4.79. The summed E-state index contributed by atoms with van der Waals surface area (Å²) in [6.45, 7) is 1.94. The number of rotatable bonds is 7. The summed E-state index contributed by atoms with van der Waals surface area (Å²) in [6, 6.07) is 7.31. The average Bonchev–Trinajstić information content (AvgIpc) is 2.52. The normalized spacial score (nSPS) is 11.3. The largest absolute Gasteiger partial charge is 0.314 e. The number of anilines is 1. The first kappa shape index (κ1) is 19.3. The lowest BCUT2D eigenvalue weighted by molar-refractivity contribution is 0.263. The van der Waals surface area contributed by atoms with Gasteiger partial charge in [-0.05, 0) is 62.1 Å². The van der Waals surface area contributed by atoms with Gasteiger partial charge in [0, 0.05) is 16.6 Å². The molecule has 2 rings (SSSR count). The highest BCUT2D eigenvalue weighted by Gasteiger charge is 2.19. The van der Waals surface area contributed by atoms with Gasteiger partial charge >= 0.3 is 0 Å². The summed E-state index contributed by atoms with van der Waals surface area (Å²) in [7, 11) is 0. The van der Waals surface area contributed by atoms with E-state index < -0.39 is 6.64 Å². The number of halogens is 1. The first-order valence-corrected chi connectivity index (χ1v) is 10.7. The van der Waals surface area contributed by atoms with Crippen LogP contribution in [-0.4, -0.2) is 23.3 Å². The van der Waals surface area contributed by atoms with Crippen LogP contribution in [0.4, 0.5) is 5.69 Å². The van der Waals surface area contributed by atoms with Gasteiger partial charge in [-0.3, -0.25) is 20.9 Å². The predicted octanol–water partition coefficient (Wildman–Crippen LogP) is 3.98. The summed E-state index contributed by atoms with van der Waals surface area (Å²) in [5.41, 5.74) is 7.51. The zero-order valence-electron chi connectivity index (χ0n) is 13.2. The Bertz CT molecular complexity index is 768. The molecule has 2 aromatic rings. The Balaban J connectivity index is 2.05. The molecule has 1 aromatic carbocycles. The van der Waals surface area contributed by atoms with E-state index >= 15 is 0 Å². The van der Waals surface area contributed by atoms with Gasteiger partial charge in [-0.2, -0.15) is 0 Å². The van der Waals surface area contributed by atoms with E-state index in [2.05, 4.69) is 20.9 Å². The SMILES string of the molecule is CCOP(=S)(NC(=S)NNc1ccnc2cc(Cl)ccc12)OCC. The highest BCUT2D eigenvalue weighted by atomic mass is 35.5. The van der Waals surface area contributed by atoms with Crippen molar-refractivity contribution in [3.05, 3.63) is 35.5 Å². The highest BCUT2D eigenvalue weighted by Crippen LogP contribution is 2.43. The standard InChI is InChI=1S/C14H18ClN4O2PS2/c1-3-20-22(24,21-4-2)19-14(23)18-17-12-7-8-16-13-9-10(15)5-6-11(12)13/h5-9H,3-4H2,1-2H3,(H,16,17)(H2,18,19,23,24). The van der Waals surface area contributed by atoms with Crippen LogP contribution in [0.2, 0.25) is 5.02 Å². The number of benzene rings is 1. The number of thiocarbonyl (C=S) groups is 1. The molecular weight excluding hydrogens is 387 g/mol. The second-order valence-corrected chi connectivity index (χ2v) is 8.57. The predicted molar refractivity (Wildman–Crippen MR) is 107 cm³/mol. The first-order valence-electron chi connectivity index (χ1n) is 7.25. The molecule has 0 fully saturated rings. The molecule has 0 bridgehead atoms. The first-order chi connectivity index (χ1) is 11.5. The molecule has 24 heavy (non-hydrogen) atoms. The number of fused-ring (bicyclic) bond motifs is 1. The van der Waals surface area contributed by atoms with Crippen molar-refractivity contribution in [1.29, 1.82) is 0 Å². The molecule has 0 unspecified atom stereocenters. The molecule has 0 radical (unpaired) electrons. The van der Waals surface area contributed by atoms with Gasteiger partial charge in [0.1, 0.15) is 0 Å². The van der Waals surface area contributed by atoms with Crippen LogP contribution in [0.5, 0.6) is 0 Å². The van der Waals surface area contributed by atoms with Crippen molar-refractivity contribution in [3.8, 4) is 0 Å². The summed E-state index contributed by atoms with van der Waals surface area (Å²) in [5, 5.41) is 4.76. The summed E-state index contributed by atoms with van der Waals surface area (Å²) >= 11 is 16.6. The lowest BCUT2D eigenvalue weighted by atomic mass is 10.2. The zero-order valence-corrected chi connectivity index (χ0v) is 16.5. The Morgan fingerprint density at radius 1 is 1.25 bits per heavy atom. The summed E-state index contributed by atoms with van der Waals surface area (Å²) < 4.78 is 11.0. The zero-order chi connectivity index (χ0) is 17.6. The monoisotopic (exact) mass is 404 g/mol. The molecule has 0 atom stereocenters.